The van der Waals surface area contributed by atoms with Gasteiger partial charge in [-0.25, -0.2) is 0 Å². The van der Waals surface area contributed by atoms with E-state index in [1.165, 1.54) is 0 Å². The molecule has 0 bridgehead atoms. The zero-order chi connectivity index (χ0) is 7.28. The first-order valence-corrected chi connectivity index (χ1v) is 2.23. The Labute approximate surface area is 97.9 Å². The smallest absolute Gasteiger partial charge is 0.549 e. The second-order valence-corrected chi connectivity index (χ2v) is 1.35. The van der Waals surface area contributed by atoms with Crippen LogP contribution in [-0.4, -0.2) is 73.9 Å². The molecule has 0 fully saturated rings. The van der Waals surface area contributed by atoms with Crippen molar-refractivity contribution in [1.29, 1.82) is 0 Å². The van der Waals surface area contributed by atoms with Crippen LogP contribution in [0.3, 0.4) is 0 Å². The Balaban J connectivity index is 0. The van der Waals surface area contributed by atoms with Gasteiger partial charge in [-0.1, -0.05) is 0 Å². The molecule has 6 heteroatoms. The molecule has 10 heavy (non-hydrogen) atoms. The largest absolute Gasteiger partial charge is 2.00 e. The standard InChI is InChI=1S/C4H7NO4.Ba/c6-3(7)1-5-2-4(8)9;/h5H,1-2H2,(H,6,7)(H,8,9);/q;+2/p-2. The zero-order valence-corrected chi connectivity index (χ0v) is 9.70. The summed E-state index contributed by atoms with van der Waals surface area (Å²) in [4.78, 5) is 19.2. The van der Waals surface area contributed by atoms with Gasteiger partial charge in [-0.3, -0.25) is 0 Å². The normalized spacial score (nSPS) is 8.00. The van der Waals surface area contributed by atoms with Gasteiger partial charge in [0.05, 0.1) is 11.9 Å². The molecule has 52 valence electrons. The second-order valence-electron chi connectivity index (χ2n) is 1.35. The van der Waals surface area contributed by atoms with Crippen LogP contribution in [0.15, 0.2) is 0 Å². The van der Waals surface area contributed by atoms with Crippen molar-refractivity contribution in [2.45, 2.75) is 0 Å². The quantitative estimate of drug-likeness (QED) is 0.521. The van der Waals surface area contributed by atoms with Crippen molar-refractivity contribution in [3.05, 3.63) is 0 Å². The van der Waals surface area contributed by atoms with Gasteiger partial charge in [-0.15, -0.1) is 0 Å². The summed E-state index contributed by atoms with van der Waals surface area (Å²) in [6.45, 7) is -0.929. The second kappa shape index (κ2) is 7.58. The molecule has 0 aliphatic rings. The number of aliphatic carboxylic acids is 2. The van der Waals surface area contributed by atoms with Crippen molar-refractivity contribution in [3.63, 3.8) is 0 Å². The number of nitrogens with one attached hydrogen (secondary N) is 1. The molecule has 0 aromatic carbocycles. The molecule has 0 aliphatic carbocycles. The molecule has 0 amide bonds. The average Bonchev–Trinajstić information content (AvgIpc) is 1.63. The van der Waals surface area contributed by atoms with Gasteiger partial charge in [0.15, 0.2) is 0 Å². The number of carboxylic acid groups (broad SMARTS) is 2. The summed E-state index contributed by atoms with van der Waals surface area (Å²) in [5.74, 6) is -2.67. The van der Waals surface area contributed by atoms with Crippen LogP contribution in [0.25, 0.3) is 0 Å². The van der Waals surface area contributed by atoms with Crippen molar-refractivity contribution >= 4 is 60.8 Å². The van der Waals surface area contributed by atoms with E-state index in [2.05, 4.69) is 5.32 Å². The third-order valence-corrected chi connectivity index (χ3v) is 0.539. The van der Waals surface area contributed by atoms with Gasteiger partial charge in [0.1, 0.15) is 0 Å². The van der Waals surface area contributed by atoms with E-state index in [4.69, 9.17) is 0 Å². The summed E-state index contributed by atoms with van der Waals surface area (Å²) < 4.78 is 0. The maximum Gasteiger partial charge on any atom is 2.00 e. The van der Waals surface area contributed by atoms with E-state index in [0.29, 0.717) is 0 Å². The Morgan fingerprint density at radius 2 is 1.40 bits per heavy atom. The minimum atomic E-state index is -1.34. The number of carbonyl (C=O) groups is 2. The van der Waals surface area contributed by atoms with Gasteiger partial charge < -0.3 is 25.1 Å². The molecule has 0 rings (SSSR count). The summed E-state index contributed by atoms with van der Waals surface area (Å²) in [5, 5.41) is 21.2. The van der Waals surface area contributed by atoms with Gasteiger partial charge in [-0.05, 0) is 0 Å². The van der Waals surface area contributed by atoms with E-state index in [9.17, 15) is 19.8 Å². The van der Waals surface area contributed by atoms with Crippen LogP contribution >= 0.6 is 0 Å². The fourth-order valence-corrected chi connectivity index (χ4v) is 0.267. The van der Waals surface area contributed by atoms with E-state index >= 15 is 0 Å². The molecular formula is C4H5BaNO4. The molecule has 0 spiro atoms. The molecule has 0 saturated carbocycles. The first kappa shape index (κ1) is 13.1. The van der Waals surface area contributed by atoms with Crippen LogP contribution < -0.4 is 15.5 Å². The van der Waals surface area contributed by atoms with Crippen LogP contribution in [0.2, 0.25) is 0 Å². The van der Waals surface area contributed by atoms with Gasteiger partial charge in [0, 0.05) is 13.1 Å². The fourth-order valence-electron chi connectivity index (χ4n) is 0.267. The third kappa shape index (κ3) is 11.3. The van der Waals surface area contributed by atoms with Gasteiger partial charge in [0.2, 0.25) is 0 Å². The molecule has 5 nitrogen and oxygen atoms in total. The van der Waals surface area contributed by atoms with E-state index in [1.54, 1.807) is 0 Å². The summed E-state index contributed by atoms with van der Waals surface area (Å²) in [5.41, 5.74) is 0. The molecule has 1 N–H and O–H groups in total. The molecule has 0 atom stereocenters. The summed E-state index contributed by atoms with van der Waals surface area (Å²) in [6, 6.07) is 0. The topological polar surface area (TPSA) is 92.3 Å². The summed E-state index contributed by atoms with van der Waals surface area (Å²) in [7, 11) is 0. The minimum absolute atomic E-state index is 0. The minimum Gasteiger partial charge on any atom is -0.549 e. The first-order valence-electron chi connectivity index (χ1n) is 2.23. The Bertz CT molecular complexity index is 112. The molecule has 0 aromatic rings. The number of carboxylic acids is 2. The van der Waals surface area contributed by atoms with Crippen molar-refractivity contribution in [2.75, 3.05) is 13.1 Å². The van der Waals surface area contributed by atoms with Crippen LogP contribution in [0.1, 0.15) is 0 Å². The Hall–Kier alpha value is 0.471. The predicted octanol–water partition coefficient (Wildman–Crippen LogP) is -4.30. The van der Waals surface area contributed by atoms with Crippen LogP contribution in [-0.2, 0) is 9.59 Å². The predicted molar refractivity (Wildman–Crippen MR) is 28.6 cm³/mol. The SMILES string of the molecule is O=C([O-])CNCC(=O)[O-].[Ba+2]. The first-order chi connectivity index (χ1) is 4.13. The van der Waals surface area contributed by atoms with E-state index in [-0.39, 0.29) is 48.9 Å². The summed E-state index contributed by atoms with van der Waals surface area (Å²) in [6.07, 6.45) is 0. The Morgan fingerprint density at radius 3 is 1.60 bits per heavy atom. The molecule has 0 heterocycles. The zero-order valence-electron chi connectivity index (χ0n) is 5.25. The van der Waals surface area contributed by atoms with Crippen molar-refractivity contribution in [2.24, 2.45) is 0 Å². The van der Waals surface area contributed by atoms with Gasteiger partial charge >= 0.3 is 48.9 Å². The van der Waals surface area contributed by atoms with E-state index < -0.39 is 25.0 Å². The number of carbonyl (C=O) groups excluding carboxylic acids is 2. The molecule has 0 radical (unpaired) electrons. The molecule has 0 unspecified atom stereocenters. The fraction of sp³-hybridized carbons (Fsp3) is 0.500. The van der Waals surface area contributed by atoms with Crippen LogP contribution in [0, 0.1) is 0 Å². The Kier molecular flexibility index (Phi) is 9.92. The van der Waals surface area contributed by atoms with Crippen LogP contribution in [0.4, 0.5) is 0 Å². The third-order valence-electron chi connectivity index (χ3n) is 0.539. The average molecular weight is 268 g/mol. The van der Waals surface area contributed by atoms with Crippen molar-refractivity contribution in [1.82, 2.24) is 5.32 Å². The maximum absolute atomic E-state index is 9.59. The molecule has 0 aromatic heterocycles. The van der Waals surface area contributed by atoms with Crippen molar-refractivity contribution in [3.8, 4) is 0 Å². The maximum atomic E-state index is 9.59. The van der Waals surface area contributed by atoms with Gasteiger partial charge in [0.25, 0.3) is 0 Å². The van der Waals surface area contributed by atoms with Gasteiger partial charge in [-0.2, -0.15) is 0 Å². The van der Waals surface area contributed by atoms with Crippen LogP contribution in [0.5, 0.6) is 0 Å². The number of hydrogen-bond donors (Lipinski definition) is 1. The summed E-state index contributed by atoms with van der Waals surface area (Å²) >= 11 is 0. The van der Waals surface area contributed by atoms with E-state index in [1.807, 2.05) is 0 Å². The molecular weight excluding hydrogens is 263 g/mol. The molecule has 0 aliphatic heterocycles. The number of rotatable bonds is 4. The monoisotopic (exact) mass is 269 g/mol. The van der Waals surface area contributed by atoms with E-state index in [0.717, 1.165) is 0 Å². The molecule has 0 saturated heterocycles. The number of hydrogen-bond acceptors (Lipinski definition) is 5. The Morgan fingerprint density at radius 1 is 1.10 bits per heavy atom. The van der Waals surface area contributed by atoms with Crippen molar-refractivity contribution < 1.29 is 19.8 Å².